The smallest absolute Gasteiger partial charge is 0.410 e. The van der Waals surface area contributed by atoms with Crippen LogP contribution in [0.3, 0.4) is 0 Å². The van der Waals surface area contributed by atoms with Crippen molar-refractivity contribution in [2.24, 2.45) is 5.41 Å². The molecule has 0 aromatic rings. The van der Waals surface area contributed by atoms with Crippen LogP contribution < -0.4 is 0 Å². The second-order valence-electron chi connectivity index (χ2n) is 5.81. The lowest BCUT2D eigenvalue weighted by atomic mass is 10.1. The van der Waals surface area contributed by atoms with Crippen LogP contribution in [0.25, 0.3) is 0 Å². The summed E-state index contributed by atoms with van der Waals surface area (Å²) in [5.41, 5.74) is -1.51. The molecule has 0 unspecified atom stereocenters. The van der Waals surface area contributed by atoms with Crippen LogP contribution in [0.1, 0.15) is 33.6 Å². The summed E-state index contributed by atoms with van der Waals surface area (Å²) in [7, 11) is 0. The number of amides is 1. The Labute approximate surface area is 93.7 Å². The van der Waals surface area contributed by atoms with E-state index in [9.17, 15) is 13.6 Å². The fourth-order valence-corrected chi connectivity index (χ4v) is 2.18. The number of halogens is 2. The molecule has 1 saturated heterocycles. The van der Waals surface area contributed by atoms with E-state index < -0.39 is 23.0 Å². The van der Waals surface area contributed by atoms with Gasteiger partial charge in [0.05, 0.1) is 5.41 Å². The van der Waals surface area contributed by atoms with Crippen LogP contribution in [0.5, 0.6) is 0 Å². The van der Waals surface area contributed by atoms with Gasteiger partial charge >= 0.3 is 6.09 Å². The van der Waals surface area contributed by atoms with Crippen LogP contribution in [0.15, 0.2) is 0 Å². The van der Waals surface area contributed by atoms with Gasteiger partial charge in [0.25, 0.3) is 5.92 Å². The summed E-state index contributed by atoms with van der Waals surface area (Å²) in [5, 5.41) is 0. The Morgan fingerprint density at radius 1 is 1.38 bits per heavy atom. The van der Waals surface area contributed by atoms with Gasteiger partial charge in [-0.3, -0.25) is 0 Å². The van der Waals surface area contributed by atoms with Crippen molar-refractivity contribution in [2.45, 2.75) is 45.1 Å². The molecule has 1 atom stereocenters. The summed E-state index contributed by atoms with van der Waals surface area (Å²) in [6.07, 6.45) is -0.175. The van der Waals surface area contributed by atoms with E-state index in [1.807, 2.05) is 0 Å². The molecule has 0 aromatic carbocycles. The summed E-state index contributed by atoms with van der Waals surface area (Å²) in [4.78, 5) is 13.0. The molecule has 3 nitrogen and oxygen atoms in total. The van der Waals surface area contributed by atoms with E-state index in [1.54, 1.807) is 20.8 Å². The number of rotatable bonds is 0. The first-order chi connectivity index (χ1) is 7.15. The number of carbonyl (C=O) groups is 1. The number of ether oxygens (including phenoxy) is 1. The minimum absolute atomic E-state index is 0.0840. The van der Waals surface area contributed by atoms with Gasteiger partial charge in [0.1, 0.15) is 5.60 Å². The van der Waals surface area contributed by atoms with E-state index >= 15 is 0 Å². The predicted molar refractivity (Wildman–Crippen MR) is 54.4 cm³/mol. The second-order valence-corrected chi connectivity index (χ2v) is 5.81. The Bertz CT molecular complexity index is 324. The SMILES string of the molecule is CC(C)(C)OC(=O)N1CC[C@]2(C1)CC2(F)F. The van der Waals surface area contributed by atoms with E-state index in [2.05, 4.69) is 0 Å². The maximum Gasteiger partial charge on any atom is 0.410 e. The highest BCUT2D eigenvalue weighted by molar-refractivity contribution is 5.68. The predicted octanol–water partition coefficient (Wildman–Crippen LogP) is 2.65. The van der Waals surface area contributed by atoms with E-state index in [0.29, 0.717) is 13.0 Å². The van der Waals surface area contributed by atoms with Crippen LogP contribution >= 0.6 is 0 Å². The van der Waals surface area contributed by atoms with Crippen molar-refractivity contribution in [2.75, 3.05) is 13.1 Å². The molecule has 0 radical (unpaired) electrons. The Morgan fingerprint density at radius 2 is 1.94 bits per heavy atom. The monoisotopic (exact) mass is 233 g/mol. The summed E-state index contributed by atoms with van der Waals surface area (Å²) < 4.78 is 31.3. The Hall–Kier alpha value is -0.870. The molecule has 1 heterocycles. The Morgan fingerprint density at radius 3 is 2.31 bits per heavy atom. The van der Waals surface area contributed by atoms with Crippen molar-refractivity contribution >= 4 is 6.09 Å². The van der Waals surface area contributed by atoms with Crippen molar-refractivity contribution in [3.63, 3.8) is 0 Å². The van der Waals surface area contributed by atoms with Crippen LogP contribution in [0.2, 0.25) is 0 Å². The van der Waals surface area contributed by atoms with Crippen LogP contribution in [0.4, 0.5) is 13.6 Å². The number of likely N-dealkylation sites (tertiary alicyclic amines) is 1. The maximum absolute atomic E-state index is 13.1. The van der Waals surface area contributed by atoms with Crippen LogP contribution in [-0.4, -0.2) is 35.6 Å². The topological polar surface area (TPSA) is 29.5 Å². The van der Waals surface area contributed by atoms with Gasteiger partial charge in [-0.05, 0) is 27.2 Å². The third kappa shape index (κ3) is 1.87. The molecule has 0 N–H and O–H groups in total. The second kappa shape index (κ2) is 3.08. The first-order valence-corrected chi connectivity index (χ1v) is 5.51. The average Bonchev–Trinajstić information content (AvgIpc) is 2.46. The molecule has 1 amide bonds. The molecular formula is C11H17F2NO2. The standard InChI is InChI=1S/C11H17F2NO2/c1-9(2,3)16-8(15)14-5-4-10(7-14)6-11(10,12)13/h4-7H2,1-3H3/t10-/m1/s1. The molecule has 92 valence electrons. The number of nitrogens with zero attached hydrogens (tertiary/aromatic N) is 1. The molecule has 2 rings (SSSR count). The molecular weight excluding hydrogens is 216 g/mol. The minimum atomic E-state index is -2.58. The molecule has 16 heavy (non-hydrogen) atoms. The van der Waals surface area contributed by atoms with Gasteiger partial charge in [0.2, 0.25) is 0 Å². The number of alkyl halides is 2. The number of carbonyl (C=O) groups excluding carboxylic acids is 1. The molecule has 1 saturated carbocycles. The molecule has 1 spiro atoms. The molecule has 0 bridgehead atoms. The Balaban J connectivity index is 1.93. The van der Waals surface area contributed by atoms with Crippen molar-refractivity contribution in [1.29, 1.82) is 0 Å². The molecule has 1 aliphatic heterocycles. The molecule has 0 aromatic heterocycles. The van der Waals surface area contributed by atoms with Gasteiger partial charge in [-0.15, -0.1) is 0 Å². The third-order valence-corrected chi connectivity index (χ3v) is 3.22. The van der Waals surface area contributed by atoms with E-state index in [0.717, 1.165) is 0 Å². The minimum Gasteiger partial charge on any atom is -0.444 e. The molecule has 2 fully saturated rings. The summed E-state index contributed by atoms with van der Waals surface area (Å²) >= 11 is 0. The van der Waals surface area contributed by atoms with Gasteiger partial charge in [0, 0.05) is 19.5 Å². The highest BCUT2D eigenvalue weighted by Gasteiger charge is 2.73. The first-order valence-electron chi connectivity index (χ1n) is 5.51. The fourth-order valence-electron chi connectivity index (χ4n) is 2.18. The molecule has 2 aliphatic rings. The summed E-state index contributed by atoms with van der Waals surface area (Å²) in [6.45, 7) is 5.81. The average molecular weight is 233 g/mol. The fraction of sp³-hybridized carbons (Fsp3) is 0.909. The van der Waals surface area contributed by atoms with Gasteiger partial charge in [-0.1, -0.05) is 0 Å². The lowest BCUT2D eigenvalue weighted by Gasteiger charge is -2.24. The lowest BCUT2D eigenvalue weighted by molar-refractivity contribution is 0.0252. The van der Waals surface area contributed by atoms with Crippen LogP contribution in [-0.2, 0) is 4.74 Å². The number of hydrogen-bond donors (Lipinski definition) is 0. The zero-order valence-corrected chi connectivity index (χ0v) is 9.85. The maximum atomic E-state index is 13.1. The zero-order valence-electron chi connectivity index (χ0n) is 9.85. The first kappa shape index (κ1) is 11.6. The van der Waals surface area contributed by atoms with E-state index in [1.165, 1.54) is 4.90 Å². The van der Waals surface area contributed by atoms with Gasteiger partial charge < -0.3 is 9.64 Å². The highest BCUT2D eigenvalue weighted by atomic mass is 19.3. The lowest BCUT2D eigenvalue weighted by Crippen LogP contribution is -2.35. The Kier molecular flexibility index (Phi) is 2.23. The highest BCUT2D eigenvalue weighted by Crippen LogP contribution is 2.65. The van der Waals surface area contributed by atoms with Gasteiger partial charge in [0.15, 0.2) is 0 Å². The van der Waals surface area contributed by atoms with Gasteiger partial charge in [-0.25, -0.2) is 13.6 Å². The van der Waals surface area contributed by atoms with E-state index in [-0.39, 0.29) is 13.0 Å². The van der Waals surface area contributed by atoms with Crippen molar-refractivity contribution in [3.05, 3.63) is 0 Å². The largest absolute Gasteiger partial charge is 0.444 e. The summed E-state index contributed by atoms with van der Waals surface area (Å²) in [5.74, 6) is -2.58. The van der Waals surface area contributed by atoms with E-state index in [4.69, 9.17) is 4.74 Å². The zero-order chi connectivity index (χ0) is 12.2. The van der Waals surface area contributed by atoms with Crippen molar-refractivity contribution < 1.29 is 18.3 Å². The third-order valence-electron chi connectivity index (χ3n) is 3.22. The number of hydrogen-bond acceptors (Lipinski definition) is 2. The normalized spacial score (nSPS) is 31.9. The van der Waals surface area contributed by atoms with Crippen LogP contribution in [0, 0.1) is 5.41 Å². The molecule has 5 heteroatoms. The van der Waals surface area contributed by atoms with Crippen molar-refractivity contribution in [3.8, 4) is 0 Å². The summed E-state index contributed by atoms with van der Waals surface area (Å²) in [6, 6.07) is 0. The van der Waals surface area contributed by atoms with Crippen molar-refractivity contribution in [1.82, 2.24) is 4.90 Å². The van der Waals surface area contributed by atoms with Gasteiger partial charge in [-0.2, -0.15) is 0 Å². The molecule has 1 aliphatic carbocycles. The quantitative estimate of drug-likeness (QED) is 0.643.